The van der Waals surface area contributed by atoms with Gasteiger partial charge in [-0.15, -0.1) is 11.3 Å². The van der Waals surface area contributed by atoms with Gasteiger partial charge in [0.15, 0.2) is 5.13 Å². The van der Waals surface area contributed by atoms with Gasteiger partial charge >= 0.3 is 0 Å². The van der Waals surface area contributed by atoms with Gasteiger partial charge in [0.1, 0.15) is 6.61 Å². The first-order valence-electron chi connectivity index (χ1n) is 4.65. The van der Waals surface area contributed by atoms with Crippen molar-refractivity contribution in [3.05, 3.63) is 10.6 Å². The SMILES string of the molecule is Cc1nc(NC(=O)COCCN)sc1C. The summed E-state index contributed by atoms with van der Waals surface area (Å²) in [5.41, 5.74) is 6.17. The minimum Gasteiger partial charge on any atom is -0.370 e. The summed E-state index contributed by atoms with van der Waals surface area (Å²) < 4.78 is 4.99. The van der Waals surface area contributed by atoms with Crippen molar-refractivity contribution in [2.45, 2.75) is 13.8 Å². The molecule has 0 saturated carbocycles. The van der Waals surface area contributed by atoms with Crippen LogP contribution in [0.1, 0.15) is 10.6 Å². The molecule has 1 aromatic heterocycles. The van der Waals surface area contributed by atoms with Crippen LogP contribution in [0.4, 0.5) is 5.13 Å². The van der Waals surface area contributed by atoms with Crippen LogP contribution in [0, 0.1) is 13.8 Å². The molecule has 0 bridgehead atoms. The average molecular weight is 229 g/mol. The summed E-state index contributed by atoms with van der Waals surface area (Å²) in [6.07, 6.45) is 0. The third-order valence-electron chi connectivity index (χ3n) is 1.77. The highest BCUT2D eigenvalue weighted by molar-refractivity contribution is 7.15. The Hall–Kier alpha value is -0.980. The normalized spacial score (nSPS) is 10.3. The first-order valence-corrected chi connectivity index (χ1v) is 5.47. The summed E-state index contributed by atoms with van der Waals surface area (Å²) in [5, 5.41) is 3.28. The highest BCUT2D eigenvalue weighted by atomic mass is 32.1. The molecule has 0 radical (unpaired) electrons. The second kappa shape index (κ2) is 5.79. The van der Waals surface area contributed by atoms with Crippen molar-refractivity contribution in [2.24, 2.45) is 5.73 Å². The van der Waals surface area contributed by atoms with E-state index in [1.165, 1.54) is 11.3 Å². The molecule has 1 heterocycles. The van der Waals surface area contributed by atoms with Crippen LogP contribution in [0.2, 0.25) is 0 Å². The van der Waals surface area contributed by atoms with Gasteiger partial charge in [-0.3, -0.25) is 10.1 Å². The Morgan fingerprint density at radius 2 is 2.33 bits per heavy atom. The van der Waals surface area contributed by atoms with E-state index in [0.717, 1.165) is 10.6 Å². The number of carbonyl (C=O) groups is 1. The molecule has 6 heteroatoms. The van der Waals surface area contributed by atoms with Gasteiger partial charge in [-0.1, -0.05) is 0 Å². The molecule has 1 aromatic rings. The summed E-state index contributed by atoms with van der Waals surface area (Å²) >= 11 is 1.46. The first kappa shape index (κ1) is 12.1. The lowest BCUT2D eigenvalue weighted by Crippen LogP contribution is -2.20. The number of hydrogen-bond donors (Lipinski definition) is 2. The monoisotopic (exact) mass is 229 g/mol. The summed E-state index contributed by atoms with van der Waals surface area (Å²) in [5.74, 6) is -0.197. The molecule has 84 valence electrons. The largest absolute Gasteiger partial charge is 0.370 e. The van der Waals surface area contributed by atoms with Crippen LogP contribution in [0.15, 0.2) is 0 Å². The summed E-state index contributed by atoms with van der Waals surface area (Å²) in [4.78, 5) is 16.6. The van der Waals surface area contributed by atoms with E-state index in [1.54, 1.807) is 0 Å². The Bertz CT molecular complexity index is 319. The molecule has 0 spiro atoms. The molecule has 3 N–H and O–H groups in total. The van der Waals surface area contributed by atoms with Crippen molar-refractivity contribution >= 4 is 22.4 Å². The van der Waals surface area contributed by atoms with Crippen molar-refractivity contribution < 1.29 is 9.53 Å². The van der Waals surface area contributed by atoms with Gasteiger partial charge in [0, 0.05) is 11.4 Å². The standard InChI is InChI=1S/C9H15N3O2S/c1-6-7(2)15-9(11-6)12-8(13)5-14-4-3-10/h3-5,10H2,1-2H3,(H,11,12,13). The first-order chi connectivity index (χ1) is 7.13. The highest BCUT2D eigenvalue weighted by Crippen LogP contribution is 2.20. The fourth-order valence-corrected chi connectivity index (χ4v) is 1.76. The minimum absolute atomic E-state index is 0.0227. The molecular formula is C9H15N3O2S. The third-order valence-corrected chi connectivity index (χ3v) is 2.76. The number of hydrogen-bond acceptors (Lipinski definition) is 5. The topological polar surface area (TPSA) is 77.2 Å². The van der Waals surface area contributed by atoms with Crippen molar-refractivity contribution in [1.82, 2.24) is 4.98 Å². The van der Waals surface area contributed by atoms with E-state index in [0.29, 0.717) is 18.3 Å². The molecule has 0 atom stereocenters. The van der Waals surface area contributed by atoms with E-state index >= 15 is 0 Å². The van der Waals surface area contributed by atoms with E-state index in [-0.39, 0.29) is 12.5 Å². The molecular weight excluding hydrogens is 214 g/mol. The number of amides is 1. The van der Waals surface area contributed by atoms with Gasteiger partial charge in [0.05, 0.1) is 12.3 Å². The number of carbonyl (C=O) groups excluding carboxylic acids is 1. The van der Waals surface area contributed by atoms with Gasteiger partial charge in [0.25, 0.3) is 5.91 Å². The van der Waals surface area contributed by atoms with E-state index in [1.807, 2.05) is 13.8 Å². The Labute approximate surface area is 92.6 Å². The van der Waals surface area contributed by atoms with Crippen molar-refractivity contribution in [3.63, 3.8) is 0 Å². The van der Waals surface area contributed by atoms with Gasteiger partial charge in [-0.05, 0) is 13.8 Å². The highest BCUT2D eigenvalue weighted by Gasteiger charge is 2.07. The summed E-state index contributed by atoms with van der Waals surface area (Å²) in [6, 6.07) is 0. The molecule has 0 aliphatic heterocycles. The van der Waals surface area contributed by atoms with Crippen molar-refractivity contribution in [1.29, 1.82) is 0 Å². The minimum atomic E-state index is -0.197. The molecule has 5 nitrogen and oxygen atoms in total. The number of thiazole rings is 1. The number of nitrogens with zero attached hydrogens (tertiary/aromatic N) is 1. The zero-order valence-electron chi connectivity index (χ0n) is 8.87. The maximum absolute atomic E-state index is 11.3. The van der Waals surface area contributed by atoms with Crippen LogP contribution in [0.3, 0.4) is 0 Å². The lowest BCUT2D eigenvalue weighted by Gasteiger charge is -2.01. The molecule has 1 rings (SSSR count). The number of rotatable bonds is 5. The fraction of sp³-hybridized carbons (Fsp3) is 0.556. The maximum atomic E-state index is 11.3. The lowest BCUT2D eigenvalue weighted by atomic mass is 10.4. The molecule has 0 unspecified atom stereocenters. The summed E-state index contributed by atoms with van der Waals surface area (Å²) in [7, 11) is 0. The van der Waals surface area contributed by atoms with Crippen LogP contribution >= 0.6 is 11.3 Å². The van der Waals surface area contributed by atoms with Crippen molar-refractivity contribution in [3.8, 4) is 0 Å². The van der Waals surface area contributed by atoms with Crippen LogP contribution in [-0.4, -0.2) is 30.6 Å². The van der Waals surface area contributed by atoms with Crippen molar-refractivity contribution in [2.75, 3.05) is 25.1 Å². The average Bonchev–Trinajstić information content (AvgIpc) is 2.46. The van der Waals surface area contributed by atoms with E-state index in [9.17, 15) is 4.79 Å². The lowest BCUT2D eigenvalue weighted by molar-refractivity contribution is -0.120. The smallest absolute Gasteiger partial charge is 0.252 e. The summed E-state index contributed by atoms with van der Waals surface area (Å²) in [6.45, 7) is 4.71. The number of nitrogens with one attached hydrogen (secondary N) is 1. The Kier molecular flexibility index (Phi) is 4.67. The number of aryl methyl sites for hydroxylation is 2. The van der Waals surface area contributed by atoms with Crippen LogP contribution in [0.25, 0.3) is 0 Å². The number of ether oxygens (including phenoxy) is 1. The van der Waals surface area contributed by atoms with E-state index < -0.39 is 0 Å². The Morgan fingerprint density at radius 1 is 1.60 bits per heavy atom. The predicted octanol–water partition coefficient (Wildman–Crippen LogP) is 0.674. The van der Waals surface area contributed by atoms with Gasteiger partial charge in [-0.25, -0.2) is 4.98 Å². The molecule has 1 amide bonds. The Morgan fingerprint density at radius 3 is 2.87 bits per heavy atom. The van der Waals surface area contributed by atoms with Crippen LogP contribution in [-0.2, 0) is 9.53 Å². The Balaban J connectivity index is 2.37. The number of aromatic nitrogens is 1. The second-order valence-electron chi connectivity index (χ2n) is 3.05. The van der Waals surface area contributed by atoms with Gasteiger partial charge in [0.2, 0.25) is 0 Å². The second-order valence-corrected chi connectivity index (χ2v) is 4.25. The molecule has 0 aliphatic carbocycles. The maximum Gasteiger partial charge on any atom is 0.252 e. The molecule has 0 fully saturated rings. The molecule has 15 heavy (non-hydrogen) atoms. The van der Waals surface area contributed by atoms with Gasteiger partial charge in [-0.2, -0.15) is 0 Å². The quantitative estimate of drug-likeness (QED) is 0.728. The zero-order chi connectivity index (χ0) is 11.3. The number of anilines is 1. The van der Waals surface area contributed by atoms with E-state index in [2.05, 4.69) is 10.3 Å². The van der Waals surface area contributed by atoms with E-state index in [4.69, 9.17) is 10.5 Å². The zero-order valence-corrected chi connectivity index (χ0v) is 9.69. The third kappa shape index (κ3) is 3.94. The van der Waals surface area contributed by atoms with Crippen LogP contribution in [0.5, 0.6) is 0 Å². The predicted molar refractivity (Wildman–Crippen MR) is 60.1 cm³/mol. The van der Waals surface area contributed by atoms with Gasteiger partial charge < -0.3 is 10.5 Å². The number of nitrogens with two attached hydrogens (primary N) is 1. The molecule has 0 aliphatic rings. The molecule has 0 saturated heterocycles. The fourth-order valence-electron chi connectivity index (χ4n) is 0.930. The molecule has 0 aromatic carbocycles. The van der Waals surface area contributed by atoms with Crippen LogP contribution < -0.4 is 11.1 Å².